The second-order valence-electron chi connectivity index (χ2n) is 6.08. The first-order valence-electron chi connectivity index (χ1n) is 8.40. The van der Waals surface area contributed by atoms with E-state index in [9.17, 15) is 9.59 Å². The van der Waals surface area contributed by atoms with E-state index in [1.54, 1.807) is 25.1 Å². The lowest BCUT2D eigenvalue weighted by molar-refractivity contribution is -0.139. The molecule has 0 fully saturated rings. The third kappa shape index (κ3) is 4.43. The van der Waals surface area contributed by atoms with Crippen molar-refractivity contribution in [3.8, 4) is 0 Å². The molecule has 0 saturated heterocycles. The largest absolute Gasteiger partial charge is 0.462 e. The minimum absolute atomic E-state index is 0.226. The molecule has 0 spiro atoms. The molecule has 3 rings (SSSR count). The summed E-state index contributed by atoms with van der Waals surface area (Å²) in [5.41, 5.74) is 2.32. The number of rotatable bonds is 5. The first kappa shape index (κ1) is 19.3. The summed E-state index contributed by atoms with van der Waals surface area (Å²) in [6, 6.07) is 13.6. The van der Waals surface area contributed by atoms with Gasteiger partial charge in [0.05, 0.1) is 28.3 Å². The van der Waals surface area contributed by atoms with Gasteiger partial charge in [-0.15, -0.1) is 0 Å². The van der Waals surface area contributed by atoms with E-state index in [4.69, 9.17) is 27.9 Å². The summed E-state index contributed by atoms with van der Waals surface area (Å²) < 4.78 is 5.45. The van der Waals surface area contributed by atoms with Crippen molar-refractivity contribution >= 4 is 35.2 Å². The van der Waals surface area contributed by atoms with Gasteiger partial charge in [-0.2, -0.15) is 0 Å². The molecule has 2 aromatic rings. The Kier molecular flexibility index (Phi) is 6.04. The van der Waals surface area contributed by atoms with Gasteiger partial charge in [-0.25, -0.2) is 9.59 Å². The van der Waals surface area contributed by atoms with Crippen LogP contribution in [-0.4, -0.2) is 18.6 Å². The summed E-state index contributed by atoms with van der Waals surface area (Å²) in [6.07, 6.45) is 0.598. The van der Waals surface area contributed by atoms with E-state index in [0.717, 1.165) is 5.56 Å². The Bertz CT molecular complexity index is 897. The number of halogens is 2. The van der Waals surface area contributed by atoms with Crippen molar-refractivity contribution in [2.45, 2.75) is 19.4 Å². The predicted molar refractivity (Wildman–Crippen MR) is 105 cm³/mol. The minimum atomic E-state index is -0.742. The Labute approximate surface area is 167 Å². The molecule has 2 N–H and O–H groups in total. The molecular weight excluding hydrogens is 387 g/mol. The molecule has 0 radical (unpaired) electrons. The smallest absolute Gasteiger partial charge is 0.338 e. The Hall–Kier alpha value is -2.50. The van der Waals surface area contributed by atoms with Gasteiger partial charge in [0.15, 0.2) is 0 Å². The van der Waals surface area contributed by atoms with Gasteiger partial charge in [0.25, 0.3) is 0 Å². The molecule has 7 heteroatoms. The van der Waals surface area contributed by atoms with Crippen LogP contribution in [0, 0.1) is 0 Å². The number of ether oxygens (including phenoxy) is 1. The van der Waals surface area contributed by atoms with Crippen molar-refractivity contribution in [3.05, 3.63) is 81.0 Å². The Morgan fingerprint density at radius 3 is 2.59 bits per heavy atom. The third-order valence-corrected chi connectivity index (χ3v) is 5.08. The van der Waals surface area contributed by atoms with Crippen molar-refractivity contribution in [1.82, 2.24) is 10.6 Å². The van der Waals surface area contributed by atoms with Crippen LogP contribution in [0.2, 0.25) is 10.0 Å². The summed E-state index contributed by atoms with van der Waals surface area (Å²) in [7, 11) is 0. The molecular formula is C20H18Cl2N2O3. The zero-order valence-corrected chi connectivity index (χ0v) is 16.1. The summed E-state index contributed by atoms with van der Waals surface area (Å²) >= 11 is 12.4. The number of benzene rings is 2. The molecule has 0 aromatic heterocycles. The molecule has 140 valence electrons. The highest BCUT2D eigenvalue weighted by atomic mass is 35.5. The van der Waals surface area contributed by atoms with Gasteiger partial charge < -0.3 is 15.4 Å². The Balaban J connectivity index is 1.81. The van der Waals surface area contributed by atoms with E-state index in [2.05, 4.69) is 10.6 Å². The van der Waals surface area contributed by atoms with Crippen molar-refractivity contribution in [1.29, 1.82) is 0 Å². The number of amides is 2. The quantitative estimate of drug-likeness (QED) is 0.725. The van der Waals surface area contributed by atoms with Gasteiger partial charge >= 0.3 is 12.0 Å². The van der Waals surface area contributed by atoms with Crippen LogP contribution in [0.3, 0.4) is 0 Å². The van der Waals surface area contributed by atoms with Gasteiger partial charge in [-0.1, -0.05) is 65.7 Å². The number of hydrogen-bond acceptors (Lipinski definition) is 3. The normalized spacial score (nSPS) is 16.6. The second kappa shape index (κ2) is 8.46. The Morgan fingerprint density at radius 2 is 1.85 bits per heavy atom. The van der Waals surface area contributed by atoms with Gasteiger partial charge in [0.1, 0.15) is 0 Å². The number of esters is 1. The van der Waals surface area contributed by atoms with Crippen LogP contribution in [0.25, 0.3) is 0 Å². The average molecular weight is 405 g/mol. The SMILES string of the molecule is CC1=C(C(=O)OCCc2ccccc2)[C@@H](c2cccc(Cl)c2Cl)NC(=O)N1. The average Bonchev–Trinajstić information content (AvgIpc) is 2.64. The molecule has 2 aromatic carbocycles. The van der Waals surface area contributed by atoms with Gasteiger partial charge in [0.2, 0.25) is 0 Å². The first-order chi connectivity index (χ1) is 13.0. The van der Waals surface area contributed by atoms with Crippen LogP contribution in [0.5, 0.6) is 0 Å². The summed E-state index contributed by atoms with van der Waals surface area (Å²) in [5, 5.41) is 5.95. The van der Waals surface area contributed by atoms with Gasteiger partial charge in [-0.05, 0) is 24.1 Å². The van der Waals surface area contributed by atoms with Crippen LogP contribution in [0.4, 0.5) is 4.79 Å². The number of allylic oxidation sites excluding steroid dienone is 1. The Morgan fingerprint density at radius 1 is 1.11 bits per heavy atom. The lowest BCUT2D eigenvalue weighted by Crippen LogP contribution is -2.45. The first-order valence-corrected chi connectivity index (χ1v) is 9.16. The lowest BCUT2D eigenvalue weighted by atomic mass is 9.95. The fraction of sp³-hybridized carbons (Fsp3) is 0.200. The number of urea groups is 1. The zero-order chi connectivity index (χ0) is 19.4. The van der Waals surface area contributed by atoms with Crippen molar-refractivity contribution in [3.63, 3.8) is 0 Å². The maximum atomic E-state index is 12.7. The molecule has 0 saturated carbocycles. The van der Waals surface area contributed by atoms with E-state index in [1.165, 1.54) is 0 Å². The van der Waals surface area contributed by atoms with Gasteiger partial charge in [0, 0.05) is 12.1 Å². The van der Waals surface area contributed by atoms with Crippen LogP contribution >= 0.6 is 23.2 Å². The zero-order valence-electron chi connectivity index (χ0n) is 14.6. The van der Waals surface area contributed by atoms with Crippen molar-refractivity contribution in [2.24, 2.45) is 0 Å². The number of nitrogens with one attached hydrogen (secondary N) is 2. The van der Waals surface area contributed by atoms with E-state index in [-0.39, 0.29) is 11.6 Å². The van der Waals surface area contributed by atoms with Crippen LogP contribution in [0.15, 0.2) is 59.8 Å². The molecule has 2 amide bonds. The number of hydrogen-bond donors (Lipinski definition) is 2. The molecule has 0 aliphatic carbocycles. The summed E-state index contributed by atoms with van der Waals surface area (Å²) in [4.78, 5) is 24.7. The molecule has 1 atom stereocenters. The monoisotopic (exact) mass is 404 g/mol. The highest BCUT2D eigenvalue weighted by Crippen LogP contribution is 2.35. The molecule has 1 aliphatic rings. The fourth-order valence-corrected chi connectivity index (χ4v) is 3.34. The second-order valence-corrected chi connectivity index (χ2v) is 6.87. The van der Waals surface area contributed by atoms with Crippen LogP contribution in [0.1, 0.15) is 24.1 Å². The summed E-state index contributed by atoms with van der Waals surface area (Å²) in [6.45, 7) is 1.88. The van der Waals surface area contributed by atoms with Crippen LogP contribution < -0.4 is 10.6 Å². The topological polar surface area (TPSA) is 67.4 Å². The van der Waals surface area contributed by atoms with Crippen molar-refractivity contribution < 1.29 is 14.3 Å². The predicted octanol–water partition coefficient (Wildman–Crippen LogP) is 4.41. The maximum Gasteiger partial charge on any atom is 0.338 e. The summed E-state index contributed by atoms with van der Waals surface area (Å²) in [5.74, 6) is -0.517. The highest BCUT2D eigenvalue weighted by molar-refractivity contribution is 6.42. The van der Waals surface area contributed by atoms with E-state index < -0.39 is 18.0 Å². The standard InChI is InChI=1S/C20H18Cl2N2O3/c1-12-16(19(25)27-11-10-13-6-3-2-4-7-13)18(24-20(26)23-12)14-8-5-9-15(21)17(14)22/h2-9,18H,10-11H2,1H3,(H2,23,24,26)/t18-/m1/s1. The molecule has 1 aliphatic heterocycles. The minimum Gasteiger partial charge on any atom is -0.462 e. The lowest BCUT2D eigenvalue weighted by Gasteiger charge is -2.28. The molecule has 5 nitrogen and oxygen atoms in total. The van der Waals surface area contributed by atoms with Crippen molar-refractivity contribution in [2.75, 3.05) is 6.61 Å². The van der Waals surface area contributed by atoms with E-state index in [1.807, 2.05) is 30.3 Å². The molecule has 1 heterocycles. The van der Waals surface area contributed by atoms with E-state index >= 15 is 0 Å². The molecule has 0 unspecified atom stereocenters. The molecule has 0 bridgehead atoms. The maximum absolute atomic E-state index is 12.7. The number of carbonyl (C=O) groups excluding carboxylic acids is 2. The number of carbonyl (C=O) groups is 2. The fourth-order valence-electron chi connectivity index (χ4n) is 2.93. The highest BCUT2D eigenvalue weighted by Gasteiger charge is 2.33. The van der Waals surface area contributed by atoms with E-state index in [0.29, 0.717) is 28.3 Å². The third-order valence-electron chi connectivity index (χ3n) is 4.25. The molecule has 27 heavy (non-hydrogen) atoms. The van der Waals surface area contributed by atoms with Crippen LogP contribution in [-0.2, 0) is 16.0 Å². The van der Waals surface area contributed by atoms with Gasteiger partial charge in [-0.3, -0.25) is 0 Å².